The second-order valence-electron chi connectivity index (χ2n) is 3.66. The summed E-state index contributed by atoms with van der Waals surface area (Å²) in [6.07, 6.45) is 0. The Morgan fingerprint density at radius 3 is 2.50 bits per heavy atom. The fourth-order valence-electron chi connectivity index (χ4n) is 1.55. The van der Waals surface area contributed by atoms with Crippen molar-refractivity contribution in [3.8, 4) is 0 Å². The van der Waals surface area contributed by atoms with Crippen LogP contribution in [0.4, 0.5) is 11.4 Å². The molecule has 2 nitrogen and oxygen atoms in total. The Hall–Kier alpha value is -1.29. The Morgan fingerprint density at radius 1 is 1.06 bits per heavy atom. The first-order valence-corrected chi connectivity index (χ1v) is 6.35. The molecule has 0 saturated carbocycles. The van der Waals surface area contributed by atoms with Crippen molar-refractivity contribution in [1.82, 2.24) is 0 Å². The van der Waals surface area contributed by atoms with Crippen LogP contribution in [0.3, 0.4) is 0 Å². The zero-order chi connectivity index (χ0) is 13.1. The Bertz CT molecular complexity index is 599. The van der Waals surface area contributed by atoms with Crippen LogP contribution in [-0.2, 0) is 0 Å². The fraction of sp³-hybridized carbons (Fsp3) is 0. The van der Waals surface area contributed by atoms with E-state index >= 15 is 0 Å². The molecule has 18 heavy (non-hydrogen) atoms. The van der Waals surface area contributed by atoms with E-state index < -0.39 is 0 Å². The van der Waals surface area contributed by atoms with Crippen molar-refractivity contribution >= 4 is 51.8 Å². The van der Waals surface area contributed by atoms with E-state index in [0.29, 0.717) is 20.7 Å². The molecule has 2 aromatic carbocycles. The number of thiocarbonyl (C=S) groups is 1. The number of benzene rings is 2. The van der Waals surface area contributed by atoms with Gasteiger partial charge in [0, 0.05) is 16.3 Å². The molecule has 0 bridgehead atoms. The molecule has 0 amide bonds. The number of nitrogens with one attached hydrogen (secondary N) is 1. The molecule has 3 N–H and O–H groups in total. The Kier molecular flexibility index (Phi) is 4.07. The van der Waals surface area contributed by atoms with E-state index in [9.17, 15) is 0 Å². The van der Waals surface area contributed by atoms with Gasteiger partial charge in [0.25, 0.3) is 0 Å². The molecule has 0 radical (unpaired) electrons. The summed E-state index contributed by atoms with van der Waals surface area (Å²) >= 11 is 17.0. The largest absolute Gasteiger partial charge is 0.389 e. The summed E-state index contributed by atoms with van der Waals surface area (Å²) < 4.78 is 0. The number of para-hydroxylation sites is 1. The summed E-state index contributed by atoms with van der Waals surface area (Å²) in [5, 5.41) is 4.37. The predicted molar refractivity (Wildman–Crippen MR) is 82.1 cm³/mol. The molecular formula is C13H10Cl2N2S. The van der Waals surface area contributed by atoms with Crippen LogP contribution in [0.15, 0.2) is 42.5 Å². The molecule has 0 aliphatic carbocycles. The third-order valence-corrected chi connectivity index (χ3v) is 3.17. The lowest BCUT2D eigenvalue weighted by Crippen LogP contribution is -2.11. The summed E-state index contributed by atoms with van der Waals surface area (Å²) in [4.78, 5) is 0.330. The minimum absolute atomic E-state index is 0.330. The first kappa shape index (κ1) is 13.1. The molecule has 0 atom stereocenters. The summed E-state index contributed by atoms with van der Waals surface area (Å²) in [6, 6.07) is 12.7. The van der Waals surface area contributed by atoms with Crippen molar-refractivity contribution in [2.75, 3.05) is 5.32 Å². The molecule has 2 rings (SSSR count). The number of hydrogen-bond donors (Lipinski definition) is 2. The average Bonchev–Trinajstić information content (AvgIpc) is 2.34. The second-order valence-corrected chi connectivity index (χ2v) is 4.94. The normalized spacial score (nSPS) is 10.1. The summed E-state index contributed by atoms with van der Waals surface area (Å²) in [6.45, 7) is 0. The van der Waals surface area contributed by atoms with Gasteiger partial charge in [-0.25, -0.2) is 0 Å². The van der Waals surface area contributed by atoms with Crippen LogP contribution in [0.1, 0.15) is 5.56 Å². The van der Waals surface area contributed by atoms with Crippen molar-refractivity contribution in [2.24, 2.45) is 5.73 Å². The summed E-state index contributed by atoms with van der Waals surface area (Å²) in [5.41, 5.74) is 7.95. The Balaban J connectivity index is 2.40. The lowest BCUT2D eigenvalue weighted by molar-refractivity contribution is 1.52. The van der Waals surface area contributed by atoms with Gasteiger partial charge in [0.2, 0.25) is 0 Å². The molecule has 0 aliphatic rings. The number of rotatable bonds is 3. The number of hydrogen-bond acceptors (Lipinski definition) is 2. The maximum absolute atomic E-state index is 6.09. The lowest BCUT2D eigenvalue weighted by Gasteiger charge is -2.12. The monoisotopic (exact) mass is 296 g/mol. The highest BCUT2D eigenvalue weighted by Gasteiger charge is 2.07. The first-order valence-electron chi connectivity index (χ1n) is 5.19. The van der Waals surface area contributed by atoms with Crippen LogP contribution in [0, 0.1) is 0 Å². The lowest BCUT2D eigenvalue weighted by atomic mass is 10.1. The van der Waals surface area contributed by atoms with E-state index in [0.717, 1.165) is 11.3 Å². The van der Waals surface area contributed by atoms with Crippen LogP contribution in [0.5, 0.6) is 0 Å². The third-order valence-electron chi connectivity index (χ3n) is 2.39. The van der Waals surface area contributed by atoms with Gasteiger partial charge in [0.15, 0.2) is 0 Å². The van der Waals surface area contributed by atoms with Gasteiger partial charge in [0.05, 0.1) is 10.7 Å². The highest BCUT2D eigenvalue weighted by atomic mass is 35.5. The molecule has 0 fully saturated rings. The topological polar surface area (TPSA) is 38.0 Å². The quantitative estimate of drug-likeness (QED) is 0.826. The predicted octanol–water partition coefficient (Wildman–Crippen LogP) is 4.37. The van der Waals surface area contributed by atoms with Crippen molar-refractivity contribution in [1.29, 1.82) is 0 Å². The molecule has 0 aliphatic heterocycles. The van der Waals surface area contributed by atoms with Gasteiger partial charge in [-0.05, 0) is 30.3 Å². The molecule has 0 saturated heterocycles. The van der Waals surface area contributed by atoms with Gasteiger partial charge in [-0.1, -0.05) is 47.6 Å². The smallest absolute Gasteiger partial charge is 0.106 e. The number of halogens is 2. The summed E-state index contributed by atoms with van der Waals surface area (Å²) in [5.74, 6) is 0. The molecule has 0 spiro atoms. The fourth-order valence-corrected chi connectivity index (χ4v) is 2.06. The van der Waals surface area contributed by atoms with Gasteiger partial charge in [-0.2, -0.15) is 0 Å². The zero-order valence-corrected chi connectivity index (χ0v) is 11.6. The van der Waals surface area contributed by atoms with Crippen LogP contribution in [-0.4, -0.2) is 4.99 Å². The number of nitrogens with two attached hydrogens (primary N) is 1. The molecular weight excluding hydrogens is 287 g/mol. The number of anilines is 2. The Morgan fingerprint density at radius 2 is 1.78 bits per heavy atom. The molecule has 0 heterocycles. The first-order chi connectivity index (χ1) is 8.58. The average molecular weight is 297 g/mol. The van der Waals surface area contributed by atoms with E-state index in [1.165, 1.54) is 0 Å². The minimum Gasteiger partial charge on any atom is -0.389 e. The van der Waals surface area contributed by atoms with Crippen LogP contribution in [0.25, 0.3) is 0 Å². The third kappa shape index (κ3) is 2.93. The highest BCUT2D eigenvalue weighted by molar-refractivity contribution is 7.80. The van der Waals surface area contributed by atoms with Gasteiger partial charge >= 0.3 is 0 Å². The standard InChI is InChI=1S/C13H10Cl2N2S/c14-8-5-6-10(15)12(7-8)17-11-4-2-1-3-9(11)13(16)18/h1-7,17H,(H2,16,18). The SMILES string of the molecule is NC(=S)c1ccccc1Nc1cc(Cl)ccc1Cl. The van der Waals surface area contributed by atoms with Crippen molar-refractivity contribution < 1.29 is 0 Å². The molecule has 0 aromatic heterocycles. The van der Waals surface area contributed by atoms with Crippen molar-refractivity contribution in [3.63, 3.8) is 0 Å². The maximum Gasteiger partial charge on any atom is 0.106 e. The van der Waals surface area contributed by atoms with Gasteiger partial charge in [-0.3, -0.25) is 0 Å². The molecule has 5 heteroatoms. The van der Waals surface area contributed by atoms with Crippen LogP contribution >= 0.6 is 35.4 Å². The minimum atomic E-state index is 0.330. The van der Waals surface area contributed by atoms with E-state index in [1.54, 1.807) is 18.2 Å². The Labute approximate surface area is 121 Å². The molecule has 0 unspecified atom stereocenters. The molecule has 2 aromatic rings. The summed E-state index contributed by atoms with van der Waals surface area (Å²) in [7, 11) is 0. The van der Waals surface area contributed by atoms with E-state index in [1.807, 2.05) is 24.3 Å². The van der Waals surface area contributed by atoms with Gasteiger partial charge < -0.3 is 11.1 Å². The molecule has 92 valence electrons. The second kappa shape index (κ2) is 5.57. The van der Waals surface area contributed by atoms with Crippen molar-refractivity contribution in [2.45, 2.75) is 0 Å². The van der Waals surface area contributed by atoms with E-state index in [2.05, 4.69) is 5.32 Å². The van der Waals surface area contributed by atoms with Crippen LogP contribution < -0.4 is 11.1 Å². The zero-order valence-electron chi connectivity index (χ0n) is 9.28. The van der Waals surface area contributed by atoms with E-state index in [4.69, 9.17) is 41.2 Å². The van der Waals surface area contributed by atoms with Gasteiger partial charge in [-0.15, -0.1) is 0 Å². The highest BCUT2D eigenvalue weighted by Crippen LogP contribution is 2.29. The van der Waals surface area contributed by atoms with Crippen LogP contribution in [0.2, 0.25) is 10.0 Å². The van der Waals surface area contributed by atoms with E-state index in [-0.39, 0.29) is 0 Å². The maximum atomic E-state index is 6.09. The van der Waals surface area contributed by atoms with Gasteiger partial charge in [0.1, 0.15) is 4.99 Å². The van der Waals surface area contributed by atoms with Crippen molar-refractivity contribution in [3.05, 3.63) is 58.1 Å².